The topological polar surface area (TPSA) is 17.1 Å². The van der Waals surface area contributed by atoms with Gasteiger partial charge in [0, 0.05) is 6.42 Å². The summed E-state index contributed by atoms with van der Waals surface area (Å²) in [4.78, 5) is 11.9. The molecule has 0 bridgehead atoms. The van der Waals surface area contributed by atoms with Gasteiger partial charge in [-0.05, 0) is 42.3 Å². The zero-order valence-corrected chi connectivity index (χ0v) is 10.2. The molecule has 4 heteroatoms. The van der Waals surface area contributed by atoms with Gasteiger partial charge in [0.05, 0.1) is 5.56 Å². The molecule has 0 aromatic heterocycles. The van der Waals surface area contributed by atoms with Crippen LogP contribution < -0.4 is 0 Å². The minimum atomic E-state index is -0.744. The van der Waals surface area contributed by atoms with Crippen molar-refractivity contribution in [3.63, 3.8) is 0 Å². The molecule has 0 N–H and O–H groups in total. The highest BCUT2D eigenvalue weighted by molar-refractivity contribution is 5.97. The molecule has 0 radical (unpaired) electrons. The Morgan fingerprint density at radius 3 is 2.26 bits per heavy atom. The van der Waals surface area contributed by atoms with E-state index in [0.717, 1.165) is 12.1 Å². The normalized spacial score (nSPS) is 10.5. The summed E-state index contributed by atoms with van der Waals surface area (Å²) >= 11 is 0. The first-order valence-corrected chi connectivity index (χ1v) is 5.70. The number of Topliss-reactive ketones (excluding diaryl/α,β-unsaturated/α-hetero) is 1. The van der Waals surface area contributed by atoms with Crippen LogP contribution in [0.4, 0.5) is 13.2 Å². The van der Waals surface area contributed by atoms with Gasteiger partial charge in [0.25, 0.3) is 0 Å². The van der Waals surface area contributed by atoms with Gasteiger partial charge >= 0.3 is 0 Å². The van der Waals surface area contributed by atoms with E-state index in [-0.39, 0.29) is 17.5 Å². The maximum Gasteiger partial charge on any atom is 0.170 e. The lowest BCUT2D eigenvalue weighted by atomic mass is 10.0. The third-order valence-electron chi connectivity index (χ3n) is 2.83. The van der Waals surface area contributed by atoms with Crippen molar-refractivity contribution in [3.05, 3.63) is 70.5 Å². The van der Waals surface area contributed by atoms with E-state index in [9.17, 15) is 18.0 Å². The molecule has 0 saturated heterocycles. The number of aryl methyl sites for hydroxylation is 1. The van der Waals surface area contributed by atoms with Crippen molar-refractivity contribution in [2.24, 2.45) is 0 Å². The van der Waals surface area contributed by atoms with Gasteiger partial charge in [0.1, 0.15) is 17.5 Å². The van der Waals surface area contributed by atoms with E-state index >= 15 is 0 Å². The summed E-state index contributed by atoms with van der Waals surface area (Å²) < 4.78 is 39.7. The second kappa shape index (κ2) is 5.26. The van der Waals surface area contributed by atoms with Crippen LogP contribution in [0.3, 0.4) is 0 Å². The van der Waals surface area contributed by atoms with Gasteiger partial charge in [-0.1, -0.05) is 12.1 Å². The van der Waals surface area contributed by atoms with Crippen LogP contribution in [-0.4, -0.2) is 5.78 Å². The first-order valence-electron chi connectivity index (χ1n) is 5.70. The predicted octanol–water partition coefficient (Wildman–Crippen LogP) is 3.84. The Labute approximate surface area is 108 Å². The van der Waals surface area contributed by atoms with Crippen LogP contribution in [0.15, 0.2) is 36.4 Å². The van der Waals surface area contributed by atoms with Crippen LogP contribution >= 0.6 is 0 Å². The molecule has 2 rings (SSSR count). The van der Waals surface area contributed by atoms with Crippen LogP contribution in [0, 0.1) is 24.4 Å². The number of carbonyl (C=O) groups excluding carboxylic acids is 1. The van der Waals surface area contributed by atoms with Crippen molar-refractivity contribution < 1.29 is 18.0 Å². The van der Waals surface area contributed by atoms with E-state index in [1.54, 1.807) is 0 Å². The molecule has 19 heavy (non-hydrogen) atoms. The van der Waals surface area contributed by atoms with Gasteiger partial charge in [-0.2, -0.15) is 0 Å². The standard InChI is InChI=1S/C15H11F3O/c1-9-6-14(18)12(8-13(9)17)15(19)7-10-2-4-11(16)5-3-10/h2-6,8H,7H2,1H3. The number of rotatable bonds is 3. The molecule has 0 aliphatic heterocycles. The fourth-order valence-corrected chi connectivity index (χ4v) is 1.74. The number of halogens is 3. The Morgan fingerprint density at radius 1 is 1.00 bits per heavy atom. The molecule has 0 amide bonds. The Bertz CT molecular complexity index is 618. The quantitative estimate of drug-likeness (QED) is 0.770. The van der Waals surface area contributed by atoms with Gasteiger partial charge in [-0.3, -0.25) is 4.79 Å². The van der Waals surface area contributed by atoms with Crippen LogP contribution in [-0.2, 0) is 6.42 Å². The van der Waals surface area contributed by atoms with Crippen molar-refractivity contribution in [1.82, 2.24) is 0 Å². The van der Waals surface area contributed by atoms with Gasteiger partial charge in [-0.25, -0.2) is 13.2 Å². The van der Waals surface area contributed by atoms with Crippen molar-refractivity contribution in [3.8, 4) is 0 Å². The summed E-state index contributed by atoms with van der Waals surface area (Å²) in [5, 5.41) is 0. The molecule has 1 nitrogen and oxygen atoms in total. The molecule has 0 fully saturated rings. The Morgan fingerprint density at radius 2 is 1.63 bits per heavy atom. The van der Waals surface area contributed by atoms with Crippen LogP contribution in [0.5, 0.6) is 0 Å². The molecule has 0 heterocycles. The summed E-state index contributed by atoms with van der Waals surface area (Å²) in [6, 6.07) is 7.21. The van der Waals surface area contributed by atoms with E-state index in [0.29, 0.717) is 5.56 Å². The van der Waals surface area contributed by atoms with Crippen molar-refractivity contribution in [2.75, 3.05) is 0 Å². The highest BCUT2D eigenvalue weighted by Crippen LogP contribution is 2.16. The lowest BCUT2D eigenvalue weighted by Crippen LogP contribution is -2.07. The van der Waals surface area contributed by atoms with Crippen LogP contribution in [0.1, 0.15) is 21.5 Å². The lowest BCUT2D eigenvalue weighted by Gasteiger charge is -2.05. The molecule has 0 spiro atoms. The molecule has 2 aromatic carbocycles. The summed E-state index contributed by atoms with van der Waals surface area (Å²) in [5.41, 5.74) is 0.412. The first-order chi connectivity index (χ1) is 8.97. The summed E-state index contributed by atoms with van der Waals surface area (Å²) in [6.45, 7) is 1.42. The monoisotopic (exact) mass is 264 g/mol. The summed E-state index contributed by atoms with van der Waals surface area (Å²) in [7, 11) is 0. The van der Waals surface area contributed by atoms with Crippen LogP contribution in [0.2, 0.25) is 0 Å². The molecular weight excluding hydrogens is 253 g/mol. The Kier molecular flexibility index (Phi) is 3.69. The van der Waals surface area contributed by atoms with Crippen molar-refractivity contribution >= 4 is 5.78 Å². The number of hydrogen-bond donors (Lipinski definition) is 0. The lowest BCUT2D eigenvalue weighted by molar-refractivity contribution is 0.0988. The van der Waals surface area contributed by atoms with E-state index in [1.165, 1.54) is 31.2 Å². The average Bonchev–Trinajstić information content (AvgIpc) is 2.36. The fraction of sp³-hybridized carbons (Fsp3) is 0.133. The van der Waals surface area contributed by atoms with E-state index < -0.39 is 23.2 Å². The minimum Gasteiger partial charge on any atom is -0.294 e. The summed E-state index contributed by atoms with van der Waals surface area (Å²) in [5.74, 6) is -2.32. The smallest absolute Gasteiger partial charge is 0.170 e. The number of hydrogen-bond acceptors (Lipinski definition) is 1. The predicted molar refractivity (Wildman–Crippen MR) is 65.5 cm³/mol. The van der Waals surface area contributed by atoms with E-state index in [2.05, 4.69) is 0 Å². The van der Waals surface area contributed by atoms with Crippen LogP contribution in [0.25, 0.3) is 0 Å². The zero-order valence-electron chi connectivity index (χ0n) is 10.2. The molecule has 0 aliphatic rings. The average molecular weight is 264 g/mol. The molecule has 0 aliphatic carbocycles. The molecule has 0 atom stereocenters. The fourth-order valence-electron chi connectivity index (χ4n) is 1.74. The number of benzene rings is 2. The van der Waals surface area contributed by atoms with Gasteiger partial charge in [-0.15, -0.1) is 0 Å². The number of ketones is 1. The van der Waals surface area contributed by atoms with Gasteiger partial charge in [0.2, 0.25) is 0 Å². The molecule has 2 aromatic rings. The second-order valence-electron chi connectivity index (χ2n) is 4.31. The number of carbonyl (C=O) groups is 1. The highest BCUT2D eigenvalue weighted by atomic mass is 19.1. The Hall–Kier alpha value is -2.10. The van der Waals surface area contributed by atoms with E-state index in [1.807, 2.05) is 0 Å². The maximum atomic E-state index is 13.6. The van der Waals surface area contributed by atoms with Crippen molar-refractivity contribution in [1.29, 1.82) is 0 Å². The minimum absolute atomic E-state index is 0.0975. The SMILES string of the molecule is Cc1cc(F)c(C(=O)Cc2ccc(F)cc2)cc1F. The molecular formula is C15H11F3O. The third-order valence-corrected chi connectivity index (χ3v) is 2.83. The molecule has 0 saturated carbocycles. The van der Waals surface area contributed by atoms with Gasteiger partial charge in [0.15, 0.2) is 5.78 Å². The highest BCUT2D eigenvalue weighted by Gasteiger charge is 2.15. The van der Waals surface area contributed by atoms with Gasteiger partial charge < -0.3 is 0 Å². The summed E-state index contributed by atoms with van der Waals surface area (Å²) in [6.07, 6.45) is -0.0975. The molecule has 98 valence electrons. The Balaban J connectivity index is 2.25. The zero-order chi connectivity index (χ0) is 14.0. The maximum absolute atomic E-state index is 13.6. The van der Waals surface area contributed by atoms with E-state index in [4.69, 9.17) is 0 Å². The first kappa shape index (κ1) is 13.3. The second-order valence-corrected chi connectivity index (χ2v) is 4.31. The molecule has 0 unspecified atom stereocenters. The third kappa shape index (κ3) is 3.02. The largest absolute Gasteiger partial charge is 0.294 e. The van der Waals surface area contributed by atoms with Crippen molar-refractivity contribution in [2.45, 2.75) is 13.3 Å².